The van der Waals surface area contributed by atoms with E-state index in [1.807, 2.05) is 31.6 Å². The van der Waals surface area contributed by atoms with E-state index in [0.717, 1.165) is 24.5 Å². The third kappa shape index (κ3) is 3.15. The van der Waals surface area contributed by atoms with E-state index >= 15 is 0 Å². The van der Waals surface area contributed by atoms with Gasteiger partial charge in [0.1, 0.15) is 11.6 Å². The number of likely N-dealkylation sites (N-methyl/N-ethyl adjacent to an activating group) is 1. The first kappa shape index (κ1) is 13.6. The first-order valence-electron chi connectivity index (χ1n) is 6.59. The van der Waals surface area contributed by atoms with E-state index < -0.39 is 0 Å². The maximum atomic E-state index is 5.18. The molecule has 19 heavy (non-hydrogen) atoms. The van der Waals surface area contributed by atoms with E-state index in [-0.39, 0.29) is 6.04 Å². The third-order valence-electron chi connectivity index (χ3n) is 3.35. The molecule has 1 N–H and O–H groups in total. The zero-order valence-corrected chi connectivity index (χ0v) is 11.8. The maximum Gasteiger partial charge on any atom is 0.126 e. The minimum absolute atomic E-state index is 0.225. The van der Waals surface area contributed by atoms with Crippen LogP contribution in [0.1, 0.15) is 24.4 Å². The van der Waals surface area contributed by atoms with Crippen LogP contribution in [0.15, 0.2) is 36.7 Å². The molecule has 1 heterocycles. The Morgan fingerprint density at radius 2 is 2.05 bits per heavy atom. The summed E-state index contributed by atoms with van der Waals surface area (Å²) >= 11 is 0. The highest BCUT2D eigenvalue weighted by molar-refractivity contribution is 5.28. The van der Waals surface area contributed by atoms with Gasteiger partial charge in [0.25, 0.3) is 0 Å². The Morgan fingerprint density at radius 1 is 1.32 bits per heavy atom. The third-order valence-corrected chi connectivity index (χ3v) is 3.35. The van der Waals surface area contributed by atoms with Gasteiger partial charge in [0, 0.05) is 18.9 Å². The molecule has 0 saturated heterocycles. The van der Waals surface area contributed by atoms with Crippen molar-refractivity contribution in [3.8, 4) is 5.75 Å². The molecular weight excluding hydrogens is 238 g/mol. The molecule has 1 unspecified atom stereocenters. The van der Waals surface area contributed by atoms with Crippen molar-refractivity contribution in [2.75, 3.05) is 14.2 Å². The number of methoxy groups -OCH3 is 1. The van der Waals surface area contributed by atoms with Gasteiger partial charge in [0.15, 0.2) is 0 Å². The molecule has 1 atom stereocenters. The SMILES string of the molecule is CCn1ccnc1C(Cc1ccc(OC)cc1)NC. The molecule has 0 spiro atoms. The Kier molecular flexibility index (Phi) is 4.58. The number of nitrogens with zero attached hydrogens (tertiary/aromatic N) is 2. The Labute approximate surface area is 114 Å². The minimum Gasteiger partial charge on any atom is -0.497 e. The standard InChI is InChI=1S/C15H21N3O/c1-4-18-10-9-17-15(18)14(16-2)11-12-5-7-13(19-3)8-6-12/h5-10,14,16H,4,11H2,1-3H3. The van der Waals surface area contributed by atoms with E-state index in [4.69, 9.17) is 4.74 Å². The van der Waals surface area contributed by atoms with Crippen LogP contribution in [0.25, 0.3) is 0 Å². The van der Waals surface area contributed by atoms with Crippen molar-refractivity contribution in [1.29, 1.82) is 0 Å². The number of aryl methyl sites for hydroxylation is 1. The van der Waals surface area contributed by atoms with Crippen molar-refractivity contribution in [3.05, 3.63) is 48.0 Å². The van der Waals surface area contributed by atoms with Crippen LogP contribution in [0.5, 0.6) is 5.75 Å². The highest BCUT2D eigenvalue weighted by Gasteiger charge is 2.15. The number of hydrogen-bond acceptors (Lipinski definition) is 3. The molecular formula is C15H21N3O. The maximum absolute atomic E-state index is 5.18. The fourth-order valence-corrected chi connectivity index (χ4v) is 2.22. The van der Waals surface area contributed by atoms with Crippen molar-refractivity contribution in [3.63, 3.8) is 0 Å². The van der Waals surface area contributed by atoms with Crippen LogP contribution in [0.4, 0.5) is 0 Å². The molecule has 0 bridgehead atoms. The summed E-state index contributed by atoms with van der Waals surface area (Å²) in [7, 11) is 3.66. The summed E-state index contributed by atoms with van der Waals surface area (Å²) in [6.45, 7) is 3.07. The number of nitrogens with one attached hydrogen (secondary N) is 1. The van der Waals surface area contributed by atoms with Crippen molar-refractivity contribution in [2.24, 2.45) is 0 Å². The Morgan fingerprint density at radius 3 is 2.63 bits per heavy atom. The molecule has 0 aliphatic carbocycles. The van der Waals surface area contributed by atoms with E-state index in [9.17, 15) is 0 Å². The second-order valence-electron chi connectivity index (χ2n) is 4.46. The molecule has 2 aromatic rings. The first-order valence-corrected chi connectivity index (χ1v) is 6.59. The fraction of sp³-hybridized carbons (Fsp3) is 0.400. The summed E-state index contributed by atoms with van der Waals surface area (Å²) < 4.78 is 7.35. The lowest BCUT2D eigenvalue weighted by atomic mass is 10.1. The zero-order valence-electron chi connectivity index (χ0n) is 11.8. The molecule has 4 heteroatoms. The lowest BCUT2D eigenvalue weighted by molar-refractivity contribution is 0.414. The normalized spacial score (nSPS) is 12.4. The van der Waals surface area contributed by atoms with Crippen LogP contribution < -0.4 is 10.1 Å². The molecule has 4 nitrogen and oxygen atoms in total. The number of rotatable bonds is 6. The number of imidazole rings is 1. The molecule has 1 aromatic carbocycles. The molecule has 0 radical (unpaired) electrons. The molecule has 0 aliphatic rings. The van der Waals surface area contributed by atoms with Crippen LogP contribution in [-0.4, -0.2) is 23.7 Å². The number of benzene rings is 1. The average Bonchev–Trinajstić information content (AvgIpc) is 2.93. The quantitative estimate of drug-likeness (QED) is 0.866. The van der Waals surface area contributed by atoms with Gasteiger partial charge >= 0.3 is 0 Å². The Balaban J connectivity index is 2.14. The van der Waals surface area contributed by atoms with Crippen molar-refractivity contribution in [2.45, 2.75) is 25.9 Å². The summed E-state index contributed by atoms with van der Waals surface area (Å²) in [5.74, 6) is 1.97. The lowest BCUT2D eigenvalue weighted by Crippen LogP contribution is -2.22. The fourth-order valence-electron chi connectivity index (χ4n) is 2.22. The Bertz CT molecular complexity index is 504. The molecule has 2 rings (SSSR count). The number of aromatic nitrogens is 2. The smallest absolute Gasteiger partial charge is 0.126 e. The van der Waals surface area contributed by atoms with Gasteiger partial charge in [-0.2, -0.15) is 0 Å². The average molecular weight is 259 g/mol. The topological polar surface area (TPSA) is 39.1 Å². The molecule has 0 fully saturated rings. The van der Waals surface area contributed by atoms with Gasteiger partial charge < -0.3 is 14.6 Å². The van der Waals surface area contributed by atoms with Gasteiger partial charge in [-0.05, 0) is 38.1 Å². The van der Waals surface area contributed by atoms with Crippen molar-refractivity contribution in [1.82, 2.24) is 14.9 Å². The number of ether oxygens (including phenoxy) is 1. The predicted molar refractivity (Wildman–Crippen MR) is 76.4 cm³/mol. The molecule has 1 aromatic heterocycles. The van der Waals surface area contributed by atoms with E-state index in [0.29, 0.717) is 0 Å². The zero-order chi connectivity index (χ0) is 13.7. The van der Waals surface area contributed by atoms with Gasteiger partial charge in [0.05, 0.1) is 13.2 Å². The van der Waals surface area contributed by atoms with Crippen molar-refractivity contribution < 1.29 is 4.74 Å². The van der Waals surface area contributed by atoms with Crippen LogP contribution in [0, 0.1) is 0 Å². The summed E-state index contributed by atoms with van der Waals surface area (Å²) in [5.41, 5.74) is 1.27. The van der Waals surface area contributed by atoms with Crippen LogP contribution in [0.2, 0.25) is 0 Å². The molecule has 0 amide bonds. The number of hydrogen-bond donors (Lipinski definition) is 1. The monoisotopic (exact) mass is 259 g/mol. The first-order chi connectivity index (χ1) is 9.28. The molecule has 0 saturated carbocycles. The van der Waals surface area contributed by atoms with Crippen LogP contribution in [-0.2, 0) is 13.0 Å². The molecule has 102 valence electrons. The van der Waals surface area contributed by atoms with Crippen molar-refractivity contribution >= 4 is 0 Å². The molecule has 0 aliphatic heterocycles. The summed E-state index contributed by atoms with van der Waals surface area (Å²) in [6, 6.07) is 8.41. The second-order valence-corrected chi connectivity index (χ2v) is 4.46. The van der Waals surface area contributed by atoms with Gasteiger partial charge in [-0.15, -0.1) is 0 Å². The minimum atomic E-state index is 0.225. The lowest BCUT2D eigenvalue weighted by Gasteiger charge is -2.17. The summed E-state index contributed by atoms with van der Waals surface area (Å²) in [4.78, 5) is 4.46. The van der Waals surface area contributed by atoms with Gasteiger partial charge in [0.2, 0.25) is 0 Å². The summed E-state index contributed by atoms with van der Waals surface area (Å²) in [6.07, 6.45) is 4.79. The van der Waals surface area contributed by atoms with E-state index in [2.05, 4.69) is 33.9 Å². The Hall–Kier alpha value is -1.81. The highest BCUT2D eigenvalue weighted by atomic mass is 16.5. The largest absolute Gasteiger partial charge is 0.497 e. The van der Waals surface area contributed by atoms with E-state index in [1.54, 1.807) is 7.11 Å². The van der Waals surface area contributed by atoms with Gasteiger partial charge in [-0.3, -0.25) is 0 Å². The van der Waals surface area contributed by atoms with Crippen LogP contribution >= 0.6 is 0 Å². The van der Waals surface area contributed by atoms with E-state index in [1.165, 1.54) is 5.56 Å². The van der Waals surface area contributed by atoms with Gasteiger partial charge in [-0.25, -0.2) is 4.98 Å². The highest BCUT2D eigenvalue weighted by Crippen LogP contribution is 2.19. The predicted octanol–water partition coefficient (Wildman–Crippen LogP) is 2.41. The second kappa shape index (κ2) is 6.38. The van der Waals surface area contributed by atoms with Crippen LogP contribution in [0.3, 0.4) is 0 Å². The summed E-state index contributed by atoms with van der Waals surface area (Å²) in [5, 5.41) is 3.34. The van der Waals surface area contributed by atoms with Gasteiger partial charge in [-0.1, -0.05) is 12.1 Å².